The molecule has 106 valence electrons. The van der Waals surface area contributed by atoms with Crippen LogP contribution in [-0.2, 0) is 0 Å². The number of alkyl halides is 2. The maximum atomic E-state index is 13.7. The molecule has 0 aliphatic heterocycles. The Labute approximate surface area is 119 Å². The van der Waals surface area contributed by atoms with Crippen LogP contribution in [0.3, 0.4) is 0 Å². The molecule has 0 unspecified atom stereocenters. The van der Waals surface area contributed by atoms with Crippen molar-refractivity contribution in [2.45, 2.75) is 6.43 Å². The number of benzene rings is 2. The van der Waals surface area contributed by atoms with Crippen LogP contribution in [0.25, 0.3) is 6.08 Å². The van der Waals surface area contributed by atoms with E-state index in [4.69, 9.17) is 0 Å². The van der Waals surface area contributed by atoms with Crippen LogP contribution in [0.5, 0.6) is 0 Å². The Kier molecular flexibility index (Phi) is 4.44. The summed E-state index contributed by atoms with van der Waals surface area (Å²) in [5, 5.41) is 0. The van der Waals surface area contributed by atoms with E-state index in [-0.39, 0.29) is 11.1 Å². The zero-order valence-electron chi connectivity index (χ0n) is 10.8. The van der Waals surface area contributed by atoms with Crippen LogP contribution in [0.15, 0.2) is 43.0 Å². The van der Waals surface area contributed by atoms with E-state index in [9.17, 15) is 17.6 Å². The fourth-order valence-electron chi connectivity index (χ4n) is 1.68. The van der Waals surface area contributed by atoms with Crippen molar-refractivity contribution in [3.63, 3.8) is 0 Å². The second kappa shape index (κ2) is 6.27. The van der Waals surface area contributed by atoms with Crippen molar-refractivity contribution in [2.75, 3.05) is 0 Å². The third-order valence-corrected chi connectivity index (χ3v) is 2.79. The van der Waals surface area contributed by atoms with Crippen LogP contribution in [0.4, 0.5) is 17.6 Å². The first-order chi connectivity index (χ1) is 10.0. The maximum Gasteiger partial charge on any atom is 0.263 e. The van der Waals surface area contributed by atoms with Gasteiger partial charge in [0.25, 0.3) is 6.43 Å². The zero-order chi connectivity index (χ0) is 15.4. The van der Waals surface area contributed by atoms with Crippen LogP contribution in [0.2, 0.25) is 0 Å². The molecule has 2 aromatic rings. The van der Waals surface area contributed by atoms with Crippen molar-refractivity contribution in [1.29, 1.82) is 0 Å². The van der Waals surface area contributed by atoms with Gasteiger partial charge in [0.15, 0.2) is 0 Å². The molecule has 0 saturated heterocycles. The molecule has 0 heterocycles. The van der Waals surface area contributed by atoms with Crippen LogP contribution >= 0.6 is 0 Å². The third-order valence-electron chi connectivity index (χ3n) is 2.79. The van der Waals surface area contributed by atoms with E-state index in [2.05, 4.69) is 18.4 Å². The molecule has 0 fully saturated rings. The summed E-state index contributed by atoms with van der Waals surface area (Å²) in [6.45, 7) is 3.43. The van der Waals surface area contributed by atoms with Gasteiger partial charge in [0.1, 0.15) is 11.6 Å². The Hall–Kier alpha value is -2.54. The molecule has 0 spiro atoms. The second-order valence-electron chi connectivity index (χ2n) is 4.24. The lowest BCUT2D eigenvalue weighted by atomic mass is 10.1. The predicted octanol–water partition coefficient (Wildman–Crippen LogP) is 4.95. The monoisotopic (exact) mass is 290 g/mol. The average Bonchev–Trinajstić information content (AvgIpc) is 2.46. The van der Waals surface area contributed by atoms with Gasteiger partial charge in [-0.25, -0.2) is 17.6 Å². The van der Waals surface area contributed by atoms with E-state index in [0.717, 1.165) is 12.1 Å². The molecule has 0 atom stereocenters. The van der Waals surface area contributed by atoms with Gasteiger partial charge in [0.05, 0.1) is 5.56 Å². The highest BCUT2D eigenvalue weighted by Gasteiger charge is 2.08. The van der Waals surface area contributed by atoms with E-state index >= 15 is 0 Å². The molecular weight excluding hydrogens is 280 g/mol. The molecule has 0 amide bonds. The van der Waals surface area contributed by atoms with Crippen LogP contribution in [0.1, 0.15) is 28.7 Å². The first-order valence-electron chi connectivity index (χ1n) is 6.03. The molecule has 21 heavy (non-hydrogen) atoms. The third kappa shape index (κ3) is 3.51. The normalized spacial score (nSPS) is 10.1. The lowest BCUT2D eigenvalue weighted by Gasteiger charge is -2.00. The highest BCUT2D eigenvalue weighted by molar-refractivity contribution is 5.52. The Balaban J connectivity index is 2.33. The van der Waals surface area contributed by atoms with E-state index in [1.807, 2.05) is 0 Å². The topological polar surface area (TPSA) is 0 Å². The summed E-state index contributed by atoms with van der Waals surface area (Å²) >= 11 is 0. The van der Waals surface area contributed by atoms with Crippen LogP contribution in [-0.4, -0.2) is 0 Å². The summed E-state index contributed by atoms with van der Waals surface area (Å²) < 4.78 is 52.1. The first kappa shape index (κ1) is 14.9. The zero-order valence-corrected chi connectivity index (χ0v) is 10.8. The molecule has 2 aromatic carbocycles. The van der Waals surface area contributed by atoms with E-state index in [1.54, 1.807) is 0 Å². The summed E-state index contributed by atoms with van der Waals surface area (Å²) in [4.78, 5) is 0. The van der Waals surface area contributed by atoms with Crippen molar-refractivity contribution >= 4 is 6.08 Å². The van der Waals surface area contributed by atoms with Crippen LogP contribution in [0, 0.1) is 23.5 Å². The maximum absolute atomic E-state index is 13.7. The van der Waals surface area contributed by atoms with Crippen molar-refractivity contribution in [3.8, 4) is 11.8 Å². The molecule has 2 rings (SSSR count). The molecule has 0 radical (unpaired) electrons. The van der Waals surface area contributed by atoms with E-state index in [0.29, 0.717) is 11.1 Å². The number of rotatable bonds is 2. The first-order valence-corrected chi connectivity index (χ1v) is 6.03. The largest absolute Gasteiger partial charge is 0.263 e. The molecule has 0 N–H and O–H groups in total. The van der Waals surface area contributed by atoms with Crippen molar-refractivity contribution in [3.05, 3.63) is 76.9 Å². The van der Waals surface area contributed by atoms with Crippen LogP contribution < -0.4 is 0 Å². The fourth-order valence-corrected chi connectivity index (χ4v) is 1.68. The number of hydrogen-bond donors (Lipinski definition) is 0. The molecule has 0 nitrogen and oxygen atoms in total. The average molecular weight is 290 g/mol. The van der Waals surface area contributed by atoms with E-state index in [1.165, 1.54) is 30.3 Å². The van der Waals surface area contributed by atoms with Crippen molar-refractivity contribution in [2.24, 2.45) is 0 Å². The smallest absolute Gasteiger partial charge is 0.205 e. The van der Waals surface area contributed by atoms with Gasteiger partial charge in [-0.3, -0.25) is 0 Å². The minimum absolute atomic E-state index is 0.131. The van der Waals surface area contributed by atoms with Gasteiger partial charge in [-0.15, -0.1) is 0 Å². The van der Waals surface area contributed by atoms with Crippen molar-refractivity contribution in [1.82, 2.24) is 0 Å². The van der Waals surface area contributed by atoms with Gasteiger partial charge in [-0.05, 0) is 29.8 Å². The molecular formula is C17H10F4. The van der Waals surface area contributed by atoms with Crippen molar-refractivity contribution < 1.29 is 17.6 Å². The highest BCUT2D eigenvalue weighted by atomic mass is 19.3. The van der Waals surface area contributed by atoms with E-state index < -0.39 is 18.1 Å². The van der Waals surface area contributed by atoms with Gasteiger partial charge < -0.3 is 0 Å². The number of hydrogen-bond acceptors (Lipinski definition) is 0. The fraction of sp³-hybridized carbons (Fsp3) is 0.0588. The Bertz CT molecular complexity index is 696. The summed E-state index contributed by atoms with van der Waals surface area (Å²) in [5.74, 6) is 3.34. The predicted molar refractivity (Wildman–Crippen MR) is 73.8 cm³/mol. The molecule has 0 aliphatic rings. The minimum Gasteiger partial charge on any atom is -0.205 e. The quantitative estimate of drug-likeness (QED) is 0.542. The summed E-state index contributed by atoms with van der Waals surface area (Å²) in [5.41, 5.74) is 0.217. The highest BCUT2D eigenvalue weighted by Crippen LogP contribution is 2.19. The standard InChI is InChI=1S/C17H10F4/c1-2-11-9-15(18)14(16(19)10-11)8-5-12-3-6-13(7-4-12)17(20)21/h2-4,6-7,9-10,17H,1H2. The molecule has 0 bridgehead atoms. The second-order valence-corrected chi connectivity index (χ2v) is 4.24. The SMILES string of the molecule is C=Cc1cc(F)c(C#Cc2ccc(C(F)F)cc2)c(F)c1. The molecule has 0 saturated carbocycles. The lowest BCUT2D eigenvalue weighted by Crippen LogP contribution is -1.92. The van der Waals surface area contributed by atoms with Gasteiger partial charge >= 0.3 is 0 Å². The summed E-state index contributed by atoms with van der Waals surface area (Å²) in [6, 6.07) is 7.45. The summed E-state index contributed by atoms with van der Waals surface area (Å²) in [6.07, 6.45) is -1.24. The van der Waals surface area contributed by atoms with Gasteiger partial charge in [-0.1, -0.05) is 36.6 Å². The molecule has 0 aromatic heterocycles. The number of halogens is 4. The van der Waals surface area contributed by atoms with Gasteiger partial charge in [0, 0.05) is 11.1 Å². The Morgan fingerprint density at radius 3 is 2.00 bits per heavy atom. The molecule has 4 heteroatoms. The Morgan fingerprint density at radius 1 is 0.952 bits per heavy atom. The minimum atomic E-state index is -2.56. The lowest BCUT2D eigenvalue weighted by molar-refractivity contribution is 0.151. The van der Waals surface area contributed by atoms with Gasteiger partial charge in [0.2, 0.25) is 0 Å². The summed E-state index contributed by atoms with van der Waals surface area (Å²) in [7, 11) is 0. The Morgan fingerprint density at radius 2 is 1.52 bits per heavy atom. The molecule has 0 aliphatic carbocycles. The van der Waals surface area contributed by atoms with Gasteiger partial charge in [-0.2, -0.15) is 0 Å².